The maximum Gasteiger partial charge on any atom is 0.119 e. The molecule has 1 aromatic rings. The molecule has 0 spiro atoms. The molecule has 0 unspecified atom stereocenters. The molecule has 0 fully saturated rings. The van der Waals surface area contributed by atoms with Gasteiger partial charge < -0.3 is 4.74 Å². The summed E-state index contributed by atoms with van der Waals surface area (Å²) in [5, 5.41) is 0. The Balaban J connectivity index is 2.83. The molecule has 1 rings (SSSR count). The van der Waals surface area contributed by atoms with Gasteiger partial charge in [0.05, 0.1) is 6.61 Å². The molecule has 19 heavy (non-hydrogen) atoms. The van der Waals surface area contributed by atoms with E-state index in [2.05, 4.69) is 79.7 Å². The van der Waals surface area contributed by atoms with Gasteiger partial charge in [-0.1, -0.05) is 67.5 Å². The van der Waals surface area contributed by atoms with Gasteiger partial charge in [0.1, 0.15) is 5.75 Å². The first-order valence-corrected chi connectivity index (χ1v) is 7.17. The van der Waals surface area contributed by atoms with Crippen LogP contribution in [0.2, 0.25) is 0 Å². The van der Waals surface area contributed by atoms with Gasteiger partial charge in [0.25, 0.3) is 0 Å². The summed E-state index contributed by atoms with van der Waals surface area (Å²) in [6.45, 7) is 18.8. The van der Waals surface area contributed by atoms with Gasteiger partial charge in [-0.05, 0) is 33.9 Å². The van der Waals surface area contributed by atoms with Crippen molar-refractivity contribution < 1.29 is 4.74 Å². The van der Waals surface area contributed by atoms with Crippen molar-refractivity contribution in [3.63, 3.8) is 0 Å². The molecule has 1 aromatic carbocycles. The minimum atomic E-state index is 0.148. The summed E-state index contributed by atoms with van der Waals surface area (Å²) in [6, 6.07) is 8.58. The molecule has 0 saturated heterocycles. The highest BCUT2D eigenvalue weighted by Gasteiger charge is 2.34. The Kier molecular flexibility index (Phi) is 4.39. The molecule has 0 aromatic heterocycles. The molecule has 0 heterocycles. The van der Waals surface area contributed by atoms with Crippen LogP contribution in [0, 0.1) is 10.8 Å². The Bertz CT molecular complexity index is 399. The first-order chi connectivity index (χ1) is 8.43. The second kappa shape index (κ2) is 5.19. The highest BCUT2D eigenvalue weighted by Crippen LogP contribution is 2.41. The van der Waals surface area contributed by atoms with Crippen LogP contribution in [0.4, 0.5) is 0 Å². The fraction of sp³-hybridized carbons (Fsp3) is 0.667. The third kappa shape index (κ3) is 4.26. The van der Waals surface area contributed by atoms with Crippen molar-refractivity contribution in [3.8, 4) is 5.75 Å². The Morgan fingerprint density at radius 2 is 1.26 bits per heavy atom. The number of ether oxygens (including phenoxy) is 1. The molecule has 108 valence electrons. The molecule has 1 heteroatoms. The predicted molar refractivity (Wildman–Crippen MR) is 83.9 cm³/mol. The van der Waals surface area contributed by atoms with Crippen molar-refractivity contribution in [2.24, 2.45) is 10.8 Å². The standard InChI is InChI=1S/C18H30O/c1-16(2,3)13-19-15-11-9-14(10-12-15)18(7,8)17(4,5)6/h9-12H,13H2,1-8H3. The van der Waals surface area contributed by atoms with E-state index < -0.39 is 0 Å². The third-order valence-corrected chi connectivity index (χ3v) is 4.12. The van der Waals surface area contributed by atoms with Gasteiger partial charge >= 0.3 is 0 Å². The van der Waals surface area contributed by atoms with Crippen LogP contribution in [-0.2, 0) is 5.41 Å². The van der Waals surface area contributed by atoms with Crippen molar-refractivity contribution in [1.82, 2.24) is 0 Å². The highest BCUT2D eigenvalue weighted by atomic mass is 16.5. The first-order valence-electron chi connectivity index (χ1n) is 7.17. The number of hydrogen-bond donors (Lipinski definition) is 0. The van der Waals surface area contributed by atoms with E-state index in [4.69, 9.17) is 4.74 Å². The number of hydrogen-bond acceptors (Lipinski definition) is 1. The Morgan fingerprint density at radius 1 is 0.789 bits per heavy atom. The summed E-state index contributed by atoms with van der Waals surface area (Å²) < 4.78 is 5.82. The molecular formula is C18H30O. The summed E-state index contributed by atoms with van der Waals surface area (Å²) in [6.07, 6.45) is 0. The van der Waals surface area contributed by atoms with Gasteiger partial charge in [0.15, 0.2) is 0 Å². The Labute approximate surface area is 119 Å². The van der Waals surface area contributed by atoms with E-state index in [1.807, 2.05) is 0 Å². The van der Waals surface area contributed by atoms with Crippen LogP contribution in [0.1, 0.15) is 61.0 Å². The van der Waals surface area contributed by atoms with E-state index in [1.165, 1.54) is 5.56 Å². The summed E-state index contributed by atoms with van der Waals surface area (Å²) in [5.41, 5.74) is 1.95. The molecule has 0 bridgehead atoms. The fourth-order valence-electron chi connectivity index (χ4n) is 1.70. The highest BCUT2D eigenvalue weighted by molar-refractivity contribution is 5.32. The van der Waals surface area contributed by atoms with Gasteiger partial charge in [-0.3, -0.25) is 0 Å². The van der Waals surface area contributed by atoms with Crippen molar-refractivity contribution in [1.29, 1.82) is 0 Å². The van der Waals surface area contributed by atoms with E-state index in [-0.39, 0.29) is 16.2 Å². The lowest BCUT2D eigenvalue weighted by molar-refractivity contribution is 0.197. The second-order valence-electron chi connectivity index (χ2n) is 8.25. The van der Waals surface area contributed by atoms with Crippen LogP contribution < -0.4 is 4.74 Å². The van der Waals surface area contributed by atoms with Crippen LogP contribution in [-0.4, -0.2) is 6.61 Å². The topological polar surface area (TPSA) is 9.23 Å². The fourth-order valence-corrected chi connectivity index (χ4v) is 1.70. The summed E-state index contributed by atoms with van der Waals surface area (Å²) >= 11 is 0. The first kappa shape index (κ1) is 16.1. The minimum absolute atomic E-state index is 0.148. The summed E-state index contributed by atoms with van der Waals surface area (Å²) in [4.78, 5) is 0. The minimum Gasteiger partial charge on any atom is -0.493 e. The Morgan fingerprint density at radius 3 is 1.63 bits per heavy atom. The van der Waals surface area contributed by atoms with Gasteiger partial charge in [0.2, 0.25) is 0 Å². The van der Waals surface area contributed by atoms with E-state index in [9.17, 15) is 0 Å². The number of rotatable bonds is 3. The number of benzene rings is 1. The van der Waals surface area contributed by atoms with Gasteiger partial charge in [0, 0.05) is 0 Å². The van der Waals surface area contributed by atoms with E-state index in [0.717, 1.165) is 12.4 Å². The second-order valence-corrected chi connectivity index (χ2v) is 8.25. The molecule has 0 saturated carbocycles. The SMILES string of the molecule is CC(C)(C)COc1ccc(C(C)(C)C(C)(C)C)cc1. The average Bonchev–Trinajstić information content (AvgIpc) is 2.24. The lowest BCUT2D eigenvalue weighted by atomic mass is 9.65. The quantitative estimate of drug-likeness (QED) is 0.705. The van der Waals surface area contributed by atoms with Crippen LogP contribution >= 0.6 is 0 Å². The summed E-state index contributed by atoms with van der Waals surface area (Å²) in [5.74, 6) is 0.961. The largest absolute Gasteiger partial charge is 0.493 e. The molecule has 0 aliphatic carbocycles. The molecular weight excluding hydrogens is 232 g/mol. The lowest BCUT2D eigenvalue weighted by Gasteiger charge is -2.39. The molecule has 0 N–H and O–H groups in total. The van der Waals surface area contributed by atoms with Crippen molar-refractivity contribution in [2.45, 2.75) is 60.8 Å². The average molecular weight is 262 g/mol. The maximum absolute atomic E-state index is 5.82. The summed E-state index contributed by atoms with van der Waals surface area (Å²) in [7, 11) is 0. The van der Waals surface area contributed by atoms with Crippen LogP contribution in [0.15, 0.2) is 24.3 Å². The van der Waals surface area contributed by atoms with Gasteiger partial charge in [-0.15, -0.1) is 0 Å². The lowest BCUT2D eigenvalue weighted by Crippen LogP contribution is -2.33. The van der Waals surface area contributed by atoms with E-state index >= 15 is 0 Å². The van der Waals surface area contributed by atoms with Crippen LogP contribution in [0.3, 0.4) is 0 Å². The van der Waals surface area contributed by atoms with Gasteiger partial charge in [-0.25, -0.2) is 0 Å². The zero-order chi connectivity index (χ0) is 14.9. The maximum atomic E-state index is 5.82. The van der Waals surface area contributed by atoms with Crippen LogP contribution in [0.5, 0.6) is 5.75 Å². The molecule has 0 radical (unpaired) electrons. The molecule has 0 amide bonds. The predicted octanol–water partition coefficient (Wildman–Crippen LogP) is 5.44. The third-order valence-electron chi connectivity index (χ3n) is 4.12. The Hall–Kier alpha value is -0.980. The van der Waals surface area contributed by atoms with Crippen molar-refractivity contribution in [2.75, 3.05) is 6.61 Å². The zero-order valence-electron chi connectivity index (χ0n) is 13.9. The molecule has 0 aliphatic rings. The smallest absolute Gasteiger partial charge is 0.119 e. The van der Waals surface area contributed by atoms with E-state index in [1.54, 1.807) is 0 Å². The van der Waals surface area contributed by atoms with E-state index in [0.29, 0.717) is 0 Å². The zero-order valence-corrected chi connectivity index (χ0v) is 13.9. The molecule has 0 atom stereocenters. The van der Waals surface area contributed by atoms with Gasteiger partial charge in [-0.2, -0.15) is 0 Å². The molecule has 0 aliphatic heterocycles. The van der Waals surface area contributed by atoms with Crippen LogP contribution in [0.25, 0.3) is 0 Å². The van der Waals surface area contributed by atoms with Crippen molar-refractivity contribution in [3.05, 3.63) is 29.8 Å². The molecule has 1 nitrogen and oxygen atoms in total. The van der Waals surface area contributed by atoms with Crippen molar-refractivity contribution >= 4 is 0 Å². The monoisotopic (exact) mass is 262 g/mol. The normalized spacial score (nSPS) is 13.5.